The van der Waals surface area contributed by atoms with Crippen molar-refractivity contribution in [2.75, 3.05) is 11.9 Å². The number of anilines is 2. The highest BCUT2D eigenvalue weighted by Crippen LogP contribution is 2.20. The summed E-state index contributed by atoms with van der Waals surface area (Å²) in [6, 6.07) is 4.91. The Morgan fingerprint density at radius 2 is 2.21 bits per heavy atom. The van der Waals surface area contributed by atoms with Gasteiger partial charge in [0, 0.05) is 12.3 Å². The van der Waals surface area contributed by atoms with Gasteiger partial charge in [0.2, 0.25) is 5.88 Å². The minimum absolute atomic E-state index is 0.156. The van der Waals surface area contributed by atoms with Crippen LogP contribution in [0.2, 0.25) is 0 Å². The minimum atomic E-state index is -1.01. The van der Waals surface area contributed by atoms with Crippen LogP contribution in [0.1, 0.15) is 17.3 Å². The van der Waals surface area contributed by atoms with Gasteiger partial charge in [-0.15, -0.1) is 0 Å². The Morgan fingerprint density at radius 1 is 1.37 bits per heavy atom. The Balaban J connectivity index is 2.19. The number of carboxylic acid groups (broad SMARTS) is 1. The Labute approximate surface area is 110 Å². The molecule has 0 spiro atoms. The molecule has 0 aliphatic rings. The van der Waals surface area contributed by atoms with Crippen molar-refractivity contribution in [3.63, 3.8) is 0 Å². The molecule has 0 aliphatic heterocycles. The van der Waals surface area contributed by atoms with Crippen LogP contribution >= 0.6 is 0 Å². The normalized spacial score (nSPS) is 9.95. The highest BCUT2D eigenvalue weighted by atomic mass is 16.5. The molecule has 0 saturated carbocycles. The summed E-state index contributed by atoms with van der Waals surface area (Å²) in [5.41, 5.74) is 1.24. The van der Waals surface area contributed by atoms with Crippen LogP contribution in [0.4, 0.5) is 11.4 Å². The van der Waals surface area contributed by atoms with Gasteiger partial charge in [0.15, 0.2) is 0 Å². The summed E-state index contributed by atoms with van der Waals surface area (Å²) in [7, 11) is 0. The van der Waals surface area contributed by atoms with Crippen LogP contribution in [-0.4, -0.2) is 27.7 Å². The average molecular weight is 259 g/mol. The van der Waals surface area contributed by atoms with Crippen molar-refractivity contribution >= 4 is 17.3 Å². The molecule has 2 aromatic heterocycles. The van der Waals surface area contributed by atoms with E-state index >= 15 is 0 Å². The van der Waals surface area contributed by atoms with Gasteiger partial charge in [-0.1, -0.05) is 0 Å². The van der Waals surface area contributed by atoms with Crippen molar-refractivity contribution in [2.24, 2.45) is 0 Å². The molecule has 2 aromatic rings. The predicted molar refractivity (Wildman–Crippen MR) is 69.9 cm³/mol. The van der Waals surface area contributed by atoms with Gasteiger partial charge in [-0.2, -0.15) is 0 Å². The molecule has 0 atom stereocenters. The van der Waals surface area contributed by atoms with Crippen LogP contribution in [0.3, 0.4) is 0 Å². The van der Waals surface area contributed by atoms with Crippen molar-refractivity contribution < 1.29 is 14.6 Å². The van der Waals surface area contributed by atoms with Crippen LogP contribution in [0.15, 0.2) is 36.8 Å². The summed E-state index contributed by atoms with van der Waals surface area (Å²) in [6.45, 7) is 2.42. The Bertz CT molecular complexity index is 570. The first kappa shape index (κ1) is 12.8. The molecule has 2 rings (SSSR count). The summed E-state index contributed by atoms with van der Waals surface area (Å²) in [5, 5.41) is 12.0. The monoisotopic (exact) mass is 259 g/mol. The first-order chi connectivity index (χ1) is 9.20. The van der Waals surface area contributed by atoms with E-state index in [0.29, 0.717) is 23.9 Å². The number of ether oxygens (including phenoxy) is 1. The first-order valence-corrected chi connectivity index (χ1v) is 5.74. The second-order valence-electron chi connectivity index (χ2n) is 3.67. The summed E-state index contributed by atoms with van der Waals surface area (Å²) in [4.78, 5) is 19.0. The Hall–Kier alpha value is -2.63. The van der Waals surface area contributed by atoms with Crippen molar-refractivity contribution in [3.8, 4) is 5.88 Å². The maximum Gasteiger partial charge on any atom is 0.337 e. The zero-order valence-electron chi connectivity index (χ0n) is 10.3. The Morgan fingerprint density at radius 3 is 2.84 bits per heavy atom. The average Bonchev–Trinajstić information content (AvgIpc) is 2.42. The molecule has 2 N–H and O–H groups in total. The summed E-state index contributed by atoms with van der Waals surface area (Å²) in [6.07, 6.45) is 4.47. The first-order valence-electron chi connectivity index (χ1n) is 5.74. The van der Waals surface area contributed by atoms with E-state index in [9.17, 15) is 4.79 Å². The van der Waals surface area contributed by atoms with Gasteiger partial charge in [0.25, 0.3) is 0 Å². The fraction of sp³-hybridized carbons (Fsp3) is 0.154. The molecule has 0 radical (unpaired) electrons. The summed E-state index contributed by atoms with van der Waals surface area (Å²) in [5.74, 6) is -0.485. The minimum Gasteiger partial charge on any atom is -0.478 e. The van der Waals surface area contributed by atoms with Gasteiger partial charge in [0.05, 0.1) is 35.9 Å². The quantitative estimate of drug-likeness (QED) is 0.857. The van der Waals surface area contributed by atoms with Crippen LogP contribution < -0.4 is 10.1 Å². The van der Waals surface area contributed by atoms with Crippen molar-refractivity contribution in [3.05, 3.63) is 42.4 Å². The number of rotatable bonds is 5. The second kappa shape index (κ2) is 5.81. The number of aromatic carboxylic acids is 1. The molecule has 2 heterocycles. The lowest BCUT2D eigenvalue weighted by Crippen LogP contribution is -2.03. The molecule has 98 valence electrons. The molecule has 0 aromatic carbocycles. The molecule has 0 fully saturated rings. The molecule has 6 nitrogen and oxygen atoms in total. The highest BCUT2D eigenvalue weighted by Gasteiger charge is 2.09. The number of aromatic nitrogens is 2. The van der Waals surface area contributed by atoms with Gasteiger partial charge in [-0.25, -0.2) is 9.78 Å². The third kappa shape index (κ3) is 3.19. The predicted octanol–water partition coefficient (Wildman–Crippen LogP) is 2.32. The van der Waals surface area contributed by atoms with E-state index in [1.54, 1.807) is 18.3 Å². The van der Waals surface area contributed by atoms with Gasteiger partial charge < -0.3 is 15.2 Å². The molecule has 0 saturated heterocycles. The lowest BCUT2D eigenvalue weighted by atomic mass is 10.2. The SMILES string of the molecule is CCOc1ccc(Nc2cnccc2C(=O)O)cn1. The smallest absolute Gasteiger partial charge is 0.337 e. The van der Waals surface area contributed by atoms with Crippen LogP contribution in [0, 0.1) is 0 Å². The van der Waals surface area contributed by atoms with Crippen molar-refractivity contribution in [1.29, 1.82) is 0 Å². The molecule has 6 heteroatoms. The maximum absolute atomic E-state index is 11.0. The third-order valence-electron chi connectivity index (χ3n) is 2.36. The largest absolute Gasteiger partial charge is 0.478 e. The summed E-state index contributed by atoms with van der Waals surface area (Å²) >= 11 is 0. The zero-order chi connectivity index (χ0) is 13.7. The van der Waals surface area contributed by atoms with Crippen LogP contribution in [0.5, 0.6) is 5.88 Å². The van der Waals surface area contributed by atoms with E-state index in [1.165, 1.54) is 18.5 Å². The fourth-order valence-corrected chi connectivity index (χ4v) is 1.52. The number of carbonyl (C=O) groups is 1. The molecule has 0 bridgehead atoms. The van der Waals surface area contributed by atoms with E-state index in [0.717, 1.165) is 0 Å². The van der Waals surface area contributed by atoms with Crippen LogP contribution in [0.25, 0.3) is 0 Å². The number of nitrogens with one attached hydrogen (secondary N) is 1. The standard InChI is InChI=1S/C13H13N3O3/c1-2-19-12-4-3-9(7-15-12)16-11-8-14-6-5-10(11)13(17)18/h3-8,16H,2H2,1H3,(H,17,18). The topological polar surface area (TPSA) is 84.3 Å². The second-order valence-corrected chi connectivity index (χ2v) is 3.67. The maximum atomic E-state index is 11.0. The van der Waals surface area contributed by atoms with E-state index in [-0.39, 0.29) is 5.56 Å². The fourth-order valence-electron chi connectivity index (χ4n) is 1.52. The van der Waals surface area contributed by atoms with Gasteiger partial charge in [-0.05, 0) is 19.1 Å². The highest BCUT2D eigenvalue weighted by molar-refractivity contribution is 5.94. The number of nitrogens with zero attached hydrogens (tertiary/aromatic N) is 2. The number of pyridine rings is 2. The van der Waals surface area contributed by atoms with Gasteiger partial charge in [0.1, 0.15) is 0 Å². The molecule has 0 aliphatic carbocycles. The third-order valence-corrected chi connectivity index (χ3v) is 2.36. The Kier molecular flexibility index (Phi) is 3.92. The summed E-state index contributed by atoms with van der Waals surface area (Å²) < 4.78 is 5.23. The van der Waals surface area contributed by atoms with Crippen molar-refractivity contribution in [1.82, 2.24) is 9.97 Å². The number of carboxylic acids is 1. The van der Waals surface area contributed by atoms with E-state index < -0.39 is 5.97 Å². The molecule has 19 heavy (non-hydrogen) atoms. The molecule has 0 unspecified atom stereocenters. The molecular weight excluding hydrogens is 246 g/mol. The lowest BCUT2D eigenvalue weighted by Gasteiger charge is -2.09. The van der Waals surface area contributed by atoms with E-state index in [1.807, 2.05) is 6.92 Å². The van der Waals surface area contributed by atoms with Crippen molar-refractivity contribution in [2.45, 2.75) is 6.92 Å². The van der Waals surface area contributed by atoms with E-state index in [2.05, 4.69) is 15.3 Å². The van der Waals surface area contributed by atoms with E-state index in [4.69, 9.17) is 9.84 Å². The number of hydrogen-bond acceptors (Lipinski definition) is 5. The van der Waals surface area contributed by atoms with Gasteiger partial charge in [-0.3, -0.25) is 4.98 Å². The van der Waals surface area contributed by atoms with Gasteiger partial charge >= 0.3 is 5.97 Å². The molecular formula is C13H13N3O3. The lowest BCUT2D eigenvalue weighted by molar-refractivity contribution is 0.0698. The zero-order valence-corrected chi connectivity index (χ0v) is 10.3. The molecule has 0 amide bonds. The van der Waals surface area contributed by atoms with Crippen LogP contribution in [-0.2, 0) is 0 Å². The number of hydrogen-bond donors (Lipinski definition) is 2.